The van der Waals surface area contributed by atoms with Crippen LogP contribution in [-0.4, -0.2) is 23.2 Å². The second kappa shape index (κ2) is 7.42. The summed E-state index contributed by atoms with van der Waals surface area (Å²) in [7, 11) is 0. The Kier molecular flexibility index (Phi) is 5.44. The zero-order valence-corrected chi connectivity index (χ0v) is 17.2. The normalized spacial score (nSPS) is 17.6. The van der Waals surface area contributed by atoms with Crippen LogP contribution in [0.1, 0.15) is 37.3 Å². The highest BCUT2D eigenvalue weighted by Gasteiger charge is 2.31. The Balaban J connectivity index is 1.74. The smallest absolute Gasteiger partial charge is 0.308 e. The number of rotatable bonds is 2. The summed E-state index contributed by atoms with van der Waals surface area (Å²) >= 11 is 5.25. The van der Waals surface area contributed by atoms with Gasteiger partial charge in [-0.05, 0) is 34.7 Å². The highest BCUT2D eigenvalue weighted by molar-refractivity contribution is 9.10. The number of carbonyl (C=O) groups excluding carboxylic acids is 1. The third-order valence-corrected chi connectivity index (χ3v) is 6.04. The molecule has 1 aliphatic rings. The van der Waals surface area contributed by atoms with Gasteiger partial charge in [-0.1, -0.05) is 67.0 Å². The van der Waals surface area contributed by atoms with E-state index in [1.807, 2.05) is 40.9 Å². The molecule has 3 nitrogen and oxygen atoms in total. The van der Waals surface area contributed by atoms with Gasteiger partial charge in [0.05, 0.1) is 0 Å². The van der Waals surface area contributed by atoms with Crippen molar-refractivity contribution in [1.82, 2.24) is 4.90 Å². The topological polar surface area (TPSA) is 32.3 Å². The van der Waals surface area contributed by atoms with E-state index in [2.05, 4.69) is 66.3 Å². The SMILES string of the molecule is CC(C)(C)c1ccc([C@H]2SCCN2C(=O)Nc2cccc(Br)c2)cc1. The molecule has 5 heteroatoms. The van der Waals surface area contributed by atoms with E-state index in [9.17, 15) is 4.79 Å². The lowest BCUT2D eigenvalue weighted by atomic mass is 9.87. The van der Waals surface area contributed by atoms with E-state index in [0.29, 0.717) is 0 Å². The maximum absolute atomic E-state index is 12.7. The minimum atomic E-state index is -0.0482. The molecule has 132 valence electrons. The van der Waals surface area contributed by atoms with Crippen molar-refractivity contribution in [2.24, 2.45) is 0 Å². The maximum atomic E-state index is 12.7. The van der Waals surface area contributed by atoms with E-state index in [4.69, 9.17) is 0 Å². The van der Waals surface area contributed by atoms with Crippen molar-refractivity contribution in [3.05, 3.63) is 64.1 Å². The molecule has 1 aliphatic heterocycles. The van der Waals surface area contributed by atoms with Gasteiger partial charge in [0.1, 0.15) is 5.37 Å². The third kappa shape index (κ3) is 4.39. The van der Waals surface area contributed by atoms with Crippen molar-refractivity contribution in [3.63, 3.8) is 0 Å². The number of hydrogen-bond acceptors (Lipinski definition) is 2. The van der Waals surface area contributed by atoms with Crippen LogP contribution in [0.5, 0.6) is 0 Å². The fourth-order valence-electron chi connectivity index (χ4n) is 2.86. The lowest BCUT2D eigenvalue weighted by Gasteiger charge is -2.25. The van der Waals surface area contributed by atoms with Crippen LogP contribution in [0.25, 0.3) is 0 Å². The molecule has 0 radical (unpaired) electrons. The lowest BCUT2D eigenvalue weighted by Crippen LogP contribution is -2.34. The van der Waals surface area contributed by atoms with Crippen LogP contribution in [0.15, 0.2) is 53.0 Å². The van der Waals surface area contributed by atoms with Crippen molar-refractivity contribution in [1.29, 1.82) is 0 Å². The average Bonchev–Trinajstić information content (AvgIpc) is 3.04. The van der Waals surface area contributed by atoms with Crippen molar-refractivity contribution >= 4 is 39.4 Å². The molecular formula is C20H23BrN2OS. The first kappa shape index (κ1) is 18.3. The van der Waals surface area contributed by atoms with Crippen LogP contribution in [0.3, 0.4) is 0 Å². The van der Waals surface area contributed by atoms with E-state index in [-0.39, 0.29) is 16.8 Å². The molecule has 0 unspecified atom stereocenters. The number of benzene rings is 2. The van der Waals surface area contributed by atoms with Gasteiger partial charge in [0.25, 0.3) is 0 Å². The van der Waals surface area contributed by atoms with E-state index in [0.717, 1.165) is 22.5 Å². The molecule has 1 N–H and O–H groups in total. The van der Waals surface area contributed by atoms with E-state index in [1.54, 1.807) is 0 Å². The van der Waals surface area contributed by atoms with Gasteiger partial charge >= 0.3 is 6.03 Å². The first-order valence-corrected chi connectivity index (χ1v) is 10.2. The Morgan fingerprint density at radius 2 is 1.92 bits per heavy atom. The Morgan fingerprint density at radius 1 is 1.20 bits per heavy atom. The second-order valence-electron chi connectivity index (χ2n) is 7.23. The predicted octanol–water partition coefficient (Wildman–Crippen LogP) is 6.03. The molecule has 25 heavy (non-hydrogen) atoms. The summed E-state index contributed by atoms with van der Waals surface area (Å²) < 4.78 is 0.954. The van der Waals surface area contributed by atoms with Gasteiger partial charge in [-0.2, -0.15) is 0 Å². The number of hydrogen-bond donors (Lipinski definition) is 1. The molecule has 1 saturated heterocycles. The summed E-state index contributed by atoms with van der Waals surface area (Å²) in [6, 6.07) is 16.3. The summed E-state index contributed by atoms with van der Waals surface area (Å²) in [5, 5.41) is 3.07. The first-order chi connectivity index (χ1) is 11.8. The van der Waals surface area contributed by atoms with Crippen molar-refractivity contribution in [3.8, 4) is 0 Å². The van der Waals surface area contributed by atoms with Crippen LogP contribution in [-0.2, 0) is 5.41 Å². The maximum Gasteiger partial charge on any atom is 0.323 e. The number of halogens is 1. The molecule has 3 rings (SSSR count). The van der Waals surface area contributed by atoms with Gasteiger partial charge in [0.15, 0.2) is 0 Å². The molecule has 0 aliphatic carbocycles. The van der Waals surface area contributed by atoms with Gasteiger partial charge in [0, 0.05) is 22.5 Å². The number of thioether (sulfide) groups is 1. The fraction of sp³-hybridized carbons (Fsp3) is 0.350. The van der Waals surface area contributed by atoms with Gasteiger partial charge in [-0.15, -0.1) is 11.8 Å². The quantitative estimate of drug-likeness (QED) is 0.645. The Hall–Kier alpha value is -1.46. The Labute approximate surface area is 162 Å². The van der Waals surface area contributed by atoms with E-state index in [1.165, 1.54) is 11.1 Å². The number of carbonyl (C=O) groups is 1. The molecule has 1 fully saturated rings. The summed E-state index contributed by atoms with van der Waals surface area (Å²) in [4.78, 5) is 14.6. The number of anilines is 1. The molecular weight excluding hydrogens is 396 g/mol. The molecule has 2 amide bonds. The number of amides is 2. The molecule has 2 aromatic carbocycles. The predicted molar refractivity (Wildman–Crippen MR) is 110 cm³/mol. The van der Waals surface area contributed by atoms with Crippen molar-refractivity contribution < 1.29 is 4.79 Å². The first-order valence-electron chi connectivity index (χ1n) is 8.40. The number of nitrogens with one attached hydrogen (secondary N) is 1. The van der Waals surface area contributed by atoms with Crippen LogP contribution in [0.2, 0.25) is 0 Å². The van der Waals surface area contributed by atoms with Crippen LogP contribution < -0.4 is 5.32 Å². The molecule has 2 aromatic rings. The summed E-state index contributed by atoms with van der Waals surface area (Å²) in [5.74, 6) is 0.956. The second-order valence-corrected chi connectivity index (χ2v) is 9.33. The van der Waals surface area contributed by atoms with E-state index < -0.39 is 0 Å². The average molecular weight is 419 g/mol. The summed E-state index contributed by atoms with van der Waals surface area (Å²) in [6.45, 7) is 7.40. The molecule has 1 atom stereocenters. The van der Waals surface area contributed by atoms with Crippen molar-refractivity contribution in [2.45, 2.75) is 31.6 Å². The lowest BCUT2D eigenvalue weighted by molar-refractivity contribution is 0.214. The largest absolute Gasteiger partial charge is 0.323 e. The third-order valence-electron chi connectivity index (χ3n) is 4.29. The number of urea groups is 1. The highest BCUT2D eigenvalue weighted by atomic mass is 79.9. The zero-order chi connectivity index (χ0) is 18.0. The molecule has 0 saturated carbocycles. The minimum absolute atomic E-state index is 0.0482. The van der Waals surface area contributed by atoms with E-state index >= 15 is 0 Å². The van der Waals surface area contributed by atoms with Gasteiger partial charge < -0.3 is 10.2 Å². The Morgan fingerprint density at radius 3 is 2.56 bits per heavy atom. The van der Waals surface area contributed by atoms with Crippen LogP contribution >= 0.6 is 27.7 Å². The minimum Gasteiger partial charge on any atom is -0.308 e. The monoisotopic (exact) mass is 418 g/mol. The van der Waals surface area contributed by atoms with Crippen molar-refractivity contribution in [2.75, 3.05) is 17.6 Å². The number of nitrogens with zero attached hydrogens (tertiary/aromatic N) is 1. The molecule has 0 spiro atoms. The fourth-order valence-corrected chi connectivity index (χ4v) is 4.52. The molecule has 0 bridgehead atoms. The molecule has 1 heterocycles. The van der Waals surface area contributed by atoms with Crippen LogP contribution in [0.4, 0.5) is 10.5 Å². The zero-order valence-electron chi connectivity index (χ0n) is 14.8. The van der Waals surface area contributed by atoms with Gasteiger partial charge in [0.2, 0.25) is 0 Å². The highest BCUT2D eigenvalue weighted by Crippen LogP contribution is 2.39. The Bertz CT molecular complexity index is 755. The standard InChI is InChI=1S/C20H23BrN2OS/c1-20(2,3)15-9-7-14(8-10-15)18-23(11-12-25-18)19(24)22-17-6-4-5-16(21)13-17/h4-10,13,18H,11-12H2,1-3H3,(H,22,24)/t18-/m1/s1. The summed E-state index contributed by atoms with van der Waals surface area (Å²) in [6.07, 6.45) is 0. The van der Waals surface area contributed by atoms with Crippen LogP contribution in [0, 0.1) is 0 Å². The molecule has 0 aromatic heterocycles. The summed E-state index contributed by atoms with van der Waals surface area (Å²) in [5.41, 5.74) is 3.43. The van der Waals surface area contributed by atoms with Gasteiger partial charge in [-0.25, -0.2) is 4.79 Å². The van der Waals surface area contributed by atoms with Gasteiger partial charge in [-0.3, -0.25) is 0 Å².